The Bertz CT molecular complexity index is 1060. The summed E-state index contributed by atoms with van der Waals surface area (Å²) in [5, 5.41) is 3.33. The first-order valence-electron chi connectivity index (χ1n) is 10.3. The minimum absolute atomic E-state index is 0.137. The molecule has 0 unspecified atom stereocenters. The van der Waals surface area contributed by atoms with Gasteiger partial charge in [-0.3, -0.25) is 4.79 Å². The maximum Gasteiger partial charge on any atom is 0.230 e. The minimum atomic E-state index is -0.137. The van der Waals surface area contributed by atoms with Crippen LogP contribution in [0.5, 0.6) is 0 Å². The summed E-state index contributed by atoms with van der Waals surface area (Å²) >= 11 is 1.43. The molecule has 10 nitrogen and oxygen atoms in total. The van der Waals surface area contributed by atoms with E-state index in [1.54, 1.807) is 0 Å². The number of aromatic nitrogens is 4. The summed E-state index contributed by atoms with van der Waals surface area (Å²) in [6.45, 7) is 7.11. The van der Waals surface area contributed by atoms with Crippen LogP contribution in [0.15, 0.2) is 18.2 Å². The van der Waals surface area contributed by atoms with Crippen molar-refractivity contribution in [3.8, 4) is 11.4 Å². The van der Waals surface area contributed by atoms with Crippen molar-refractivity contribution in [1.82, 2.24) is 19.9 Å². The number of nitrogens with zero attached hydrogens (tertiary/aromatic N) is 6. The van der Waals surface area contributed by atoms with Gasteiger partial charge in [-0.1, -0.05) is 11.3 Å². The highest BCUT2D eigenvalue weighted by Crippen LogP contribution is 2.30. The van der Waals surface area contributed by atoms with Gasteiger partial charge in [-0.2, -0.15) is 15.0 Å². The van der Waals surface area contributed by atoms with Gasteiger partial charge in [0.1, 0.15) is 0 Å². The third-order valence-corrected chi connectivity index (χ3v) is 6.06. The molecule has 2 aromatic heterocycles. The van der Waals surface area contributed by atoms with Crippen molar-refractivity contribution >= 4 is 44.5 Å². The summed E-state index contributed by atoms with van der Waals surface area (Å²) in [7, 11) is 0. The lowest BCUT2D eigenvalue weighted by Crippen LogP contribution is -2.40. The third-order valence-electron chi connectivity index (χ3n) is 5.13. The Kier molecular flexibility index (Phi) is 5.62. The number of hydrogen-bond donors (Lipinski definition) is 1. The van der Waals surface area contributed by atoms with E-state index in [1.165, 1.54) is 18.3 Å². The van der Waals surface area contributed by atoms with Gasteiger partial charge < -0.3 is 24.6 Å². The maximum atomic E-state index is 11.4. The zero-order chi connectivity index (χ0) is 21.2. The molecule has 3 aromatic rings. The zero-order valence-electron chi connectivity index (χ0n) is 17.2. The van der Waals surface area contributed by atoms with Crippen molar-refractivity contribution in [3.63, 3.8) is 0 Å². The molecule has 1 amide bonds. The molecule has 2 saturated heterocycles. The second-order valence-electron chi connectivity index (χ2n) is 7.34. The van der Waals surface area contributed by atoms with Crippen LogP contribution >= 0.6 is 11.3 Å². The molecule has 162 valence electrons. The minimum Gasteiger partial charge on any atom is -0.378 e. The Morgan fingerprint density at radius 1 is 0.935 bits per heavy atom. The van der Waals surface area contributed by atoms with E-state index < -0.39 is 0 Å². The molecule has 2 fully saturated rings. The van der Waals surface area contributed by atoms with Gasteiger partial charge in [0, 0.05) is 38.7 Å². The molecular formula is C20H23N7O3S. The molecule has 0 spiro atoms. The number of nitrogens with one attached hydrogen (secondary N) is 1. The van der Waals surface area contributed by atoms with Crippen molar-refractivity contribution < 1.29 is 14.3 Å². The lowest BCUT2D eigenvalue weighted by Gasteiger charge is -2.30. The number of fused-ring (bicyclic) bond motifs is 1. The summed E-state index contributed by atoms with van der Waals surface area (Å²) in [6, 6.07) is 5.90. The number of benzene rings is 1. The summed E-state index contributed by atoms with van der Waals surface area (Å²) in [6.07, 6.45) is 0. The standard InChI is InChI=1S/C20H23N7O3S/c1-13(28)21-20-22-15-3-2-14(12-16(15)31-20)17-23-18(26-4-8-29-9-5-26)25-19(24-17)27-6-10-30-11-7-27/h2-3,12H,4-11H2,1H3,(H,21,22,28). The van der Waals surface area contributed by atoms with Crippen LogP contribution in [0.1, 0.15) is 6.92 Å². The molecule has 1 N–H and O–H groups in total. The van der Waals surface area contributed by atoms with Crippen molar-refractivity contribution in [2.24, 2.45) is 0 Å². The van der Waals surface area contributed by atoms with Crippen molar-refractivity contribution in [2.45, 2.75) is 6.92 Å². The molecule has 2 aliphatic heterocycles. The average molecular weight is 442 g/mol. The van der Waals surface area contributed by atoms with Crippen LogP contribution in [0.25, 0.3) is 21.6 Å². The highest BCUT2D eigenvalue weighted by Gasteiger charge is 2.21. The number of morpholine rings is 2. The van der Waals surface area contributed by atoms with Crippen LogP contribution < -0.4 is 15.1 Å². The summed E-state index contributed by atoms with van der Waals surface area (Å²) in [4.78, 5) is 34.4. The van der Waals surface area contributed by atoms with Crippen LogP contribution in [-0.2, 0) is 14.3 Å². The smallest absolute Gasteiger partial charge is 0.230 e. The highest BCUT2D eigenvalue weighted by molar-refractivity contribution is 7.22. The van der Waals surface area contributed by atoms with E-state index in [0.29, 0.717) is 49.3 Å². The van der Waals surface area contributed by atoms with Gasteiger partial charge in [-0.25, -0.2) is 4.98 Å². The number of thiazole rings is 1. The SMILES string of the molecule is CC(=O)Nc1nc2ccc(-c3nc(N4CCOCC4)nc(N4CCOCC4)n3)cc2s1. The fraction of sp³-hybridized carbons (Fsp3) is 0.450. The molecule has 0 bridgehead atoms. The number of hydrogen-bond acceptors (Lipinski definition) is 10. The molecule has 1 aromatic carbocycles. The molecule has 4 heterocycles. The number of carbonyl (C=O) groups is 1. The predicted molar refractivity (Wildman–Crippen MR) is 119 cm³/mol. The fourth-order valence-corrected chi connectivity index (χ4v) is 4.51. The van der Waals surface area contributed by atoms with Crippen LogP contribution in [0.2, 0.25) is 0 Å². The van der Waals surface area contributed by atoms with E-state index in [1.807, 2.05) is 18.2 Å². The Balaban J connectivity index is 1.53. The second-order valence-corrected chi connectivity index (χ2v) is 8.37. The molecule has 5 rings (SSSR count). The topological polar surface area (TPSA) is 106 Å². The van der Waals surface area contributed by atoms with Crippen molar-refractivity contribution in [3.05, 3.63) is 18.2 Å². The molecule has 31 heavy (non-hydrogen) atoms. The van der Waals surface area contributed by atoms with Gasteiger partial charge in [0.2, 0.25) is 17.8 Å². The summed E-state index contributed by atoms with van der Waals surface area (Å²) in [5.74, 6) is 1.81. The molecule has 0 aliphatic carbocycles. The maximum absolute atomic E-state index is 11.4. The fourth-order valence-electron chi connectivity index (χ4n) is 3.56. The predicted octanol–water partition coefficient (Wildman–Crippen LogP) is 1.78. The molecule has 2 aliphatic rings. The lowest BCUT2D eigenvalue weighted by molar-refractivity contribution is -0.114. The largest absolute Gasteiger partial charge is 0.378 e. The Morgan fingerprint density at radius 2 is 1.55 bits per heavy atom. The van der Waals surface area contributed by atoms with Crippen molar-refractivity contribution in [1.29, 1.82) is 0 Å². The lowest BCUT2D eigenvalue weighted by atomic mass is 10.2. The monoisotopic (exact) mass is 441 g/mol. The van der Waals surface area contributed by atoms with Crippen molar-refractivity contribution in [2.75, 3.05) is 67.7 Å². The van der Waals surface area contributed by atoms with E-state index in [2.05, 4.69) is 20.1 Å². The molecular weight excluding hydrogens is 418 g/mol. The van der Waals surface area contributed by atoms with Crippen LogP contribution in [0.3, 0.4) is 0 Å². The van der Waals surface area contributed by atoms with Gasteiger partial charge in [0.15, 0.2) is 11.0 Å². The average Bonchev–Trinajstić information content (AvgIpc) is 3.20. The normalized spacial score (nSPS) is 17.2. The van der Waals surface area contributed by atoms with E-state index in [9.17, 15) is 4.79 Å². The van der Waals surface area contributed by atoms with E-state index in [4.69, 9.17) is 24.4 Å². The zero-order valence-corrected chi connectivity index (χ0v) is 18.0. The number of rotatable bonds is 4. The molecule has 11 heteroatoms. The number of carbonyl (C=O) groups excluding carboxylic acids is 1. The first kappa shape index (κ1) is 20.0. The Morgan fingerprint density at radius 3 is 2.13 bits per heavy atom. The molecule has 0 radical (unpaired) electrons. The Hall–Kier alpha value is -2.89. The van der Waals surface area contributed by atoms with Crippen LogP contribution in [-0.4, -0.2) is 78.4 Å². The van der Waals surface area contributed by atoms with Crippen LogP contribution in [0.4, 0.5) is 17.0 Å². The van der Waals surface area contributed by atoms with Gasteiger partial charge in [-0.05, 0) is 18.2 Å². The summed E-state index contributed by atoms with van der Waals surface area (Å²) in [5.41, 5.74) is 1.71. The number of anilines is 3. The number of ether oxygens (including phenoxy) is 2. The first-order valence-corrected chi connectivity index (χ1v) is 11.1. The van der Waals surface area contributed by atoms with E-state index in [0.717, 1.165) is 42.0 Å². The van der Waals surface area contributed by atoms with Gasteiger partial charge in [-0.15, -0.1) is 0 Å². The van der Waals surface area contributed by atoms with E-state index >= 15 is 0 Å². The van der Waals surface area contributed by atoms with Gasteiger partial charge in [0.25, 0.3) is 0 Å². The van der Waals surface area contributed by atoms with Gasteiger partial charge >= 0.3 is 0 Å². The highest BCUT2D eigenvalue weighted by atomic mass is 32.1. The third kappa shape index (κ3) is 4.43. The molecule has 0 atom stereocenters. The molecule has 0 saturated carbocycles. The quantitative estimate of drug-likeness (QED) is 0.648. The summed E-state index contributed by atoms with van der Waals surface area (Å²) < 4.78 is 11.9. The van der Waals surface area contributed by atoms with E-state index in [-0.39, 0.29) is 5.91 Å². The van der Waals surface area contributed by atoms with Crippen LogP contribution in [0, 0.1) is 0 Å². The number of amides is 1. The Labute approximate surface area is 183 Å². The second kappa shape index (κ2) is 8.69. The van der Waals surface area contributed by atoms with Gasteiger partial charge in [0.05, 0.1) is 36.6 Å². The first-order chi connectivity index (χ1) is 15.2.